The fourth-order valence-corrected chi connectivity index (χ4v) is 1.32. The average molecular weight is 220 g/mol. The SMILES string of the molecule is CC(C)(C)c1nc2nccc(C(=O)O)c2o1. The van der Waals surface area contributed by atoms with E-state index in [9.17, 15) is 4.79 Å². The van der Waals surface area contributed by atoms with Crippen molar-refractivity contribution < 1.29 is 14.3 Å². The van der Waals surface area contributed by atoms with Crippen LogP contribution in [0.5, 0.6) is 0 Å². The standard InChI is InChI=1S/C11H12N2O3/c1-11(2,3)10-13-8-7(16-10)6(9(14)15)4-5-12-8/h4-5H,1-3H3,(H,14,15). The van der Waals surface area contributed by atoms with Crippen LogP contribution in [0.2, 0.25) is 0 Å². The third-order valence-corrected chi connectivity index (χ3v) is 2.16. The van der Waals surface area contributed by atoms with Gasteiger partial charge in [-0.1, -0.05) is 20.8 Å². The number of aromatic carboxylic acids is 1. The molecule has 84 valence electrons. The van der Waals surface area contributed by atoms with Crippen LogP contribution in [0, 0.1) is 0 Å². The Balaban J connectivity index is 2.71. The maximum atomic E-state index is 11.0. The van der Waals surface area contributed by atoms with Gasteiger partial charge in [-0.05, 0) is 6.07 Å². The van der Waals surface area contributed by atoms with E-state index in [2.05, 4.69) is 9.97 Å². The summed E-state index contributed by atoms with van der Waals surface area (Å²) < 4.78 is 5.47. The molecule has 0 atom stereocenters. The zero-order chi connectivity index (χ0) is 11.9. The first-order valence-electron chi connectivity index (χ1n) is 4.89. The van der Waals surface area contributed by atoms with Crippen molar-refractivity contribution in [1.29, 1.82) is 0 Å². The Morgan fingerprint density at radius 3 is 2.69 bits per heavy atom. The van der Waals surface area contributed by atoms with E-state index in [1.807, 2.05) is 20.8 Å². The van der Waals surface area contributed by atoms with Gasteiger partial charge in [-0.3, -0.25) is 0 Å². The maximum Gasteiger partial charge on any atom is 0.339 e. The van der Waals surface area contributed by atoms with Crippen LogP contribution in [-0.2, 0) is 5.41 Å². The monoisotopic (exact) mass is 220 g/mol. The summed E-state index contributed by atoms with van der Waals surface area (Å²) in [6.07, 6.45) is 1.42. The van der Waals surface area contributed by atoms with Gasteiger partial charge in [-0.2, -0.15) is 4.98 Å². The first-order valence-corrected chi connectivity index (χ1v) is 4.89. The van der Waals surface area contributed by atoms with E-state index < -0.39 is 5.97 Å². The number of carboxylic acids is 1. The van der Waals surface area contributed by atoms with E-state index in [-0.39, 0.29) is 16.6 Å². The van der Waals surface area contributed by atoms with Gasteiger partial charge < -0.3 is 9.52 Å². The van der Waals surface area contributed by atoms with Crippen LogP contribution >= 0.6 is 0 Å². The number of nitrogens with zero attached hydrogens (tertiary/aromatic N) is 2. The Hall–Kier alpha value is -1.91. The number of carbonyl (C=O) groups is 1. The molecule has 2 aromatic heterocycles. The zero-order valence-electron chi connectivity index (χ0n) is 9.31. The number of aromatic nitrogens is 2. The van der Waals surface area contributed by atoms with Gasteiger partial charge in [0.1, 0.15) is 5.56 Å². The van der Waals surface area contributed by atoms with E-state index in [1.165, 1.54) is 12.3 Å². The average Bonchev–Trinajstić information content (AvgIpc) is 2.59. The van der Waals surface area contributed by atoms with Gasteiger partial charge >= 0.3 is 5.97 Å². The lowest BCUT2D eigenvalue weighted by Gasteiger charge is -2.11. The van der Waals surface area contributed by atoms with E-state index in [4.69, 9.17) is 9.52 Å². The second-order valence-electron chi connectivity index (χ2n) is 4.59. The van der Waals surface area contributed by atoms with Crippen LogP contribution in [0.25, 0.3) is 11.2 Å². The first kappa shape index (κ1) is 10.6. The zero-order valence-corrected chi connectivity index (χ0v) is 9.31. The molecule has 0 aliphatic heterocycles. The van der Waals surface area contributed by atoms with Crippen molar-refractivity contribution in [3.05, 3.63) is 23.7 Å². The molecule has 0 unspecified atom stereocenters. The molecule has 0 saturated carbocycles. The second-order valence-corrected chi connectivity index (χ2v) is 4.59. The Morgan fingerprint density at radius 2 is 2.12 bits per heavy atom. The Bertz CT molecular complexity index is 552. The van der Waals surface area contributed by atoms with Gasteiger partial charge in [0.2, 0.25) is 5.89 Å². The van der Waals surface area contributed by atoms with Gasteiger partial charge in [-0.25, -0.2) is 9.78 Å². The molecule has 5 heteroatoms. The number of carboxylic acid groups (broad SMARTS) is 1. The molecule has 2 heterocycles. The van der Waals surface area contributed by atoms with Gasteiger partial charge in [0.25, 0.3) is 0 Å². The summed E-state index contributed by atoms with van der Waals surface area (Å²) in [5.74, 6) is -0.548. The van der Waals surface area contributed by atoms with Crippen molar-refractivity contribution in [2.45, 2.75) is 26.2 Å². The van der Waals surface area contributed by atoms with E-state index in [0.29, 0.717) is 11.5 Å². The van der Waals surface area contributed by atoms with Crippen molar-refractivity contribution in [3.8, 4) is 0 Å². The van der Waals surface area contributed by atoms with Crippen LogP contribution in [0.4, 0.5) is 0 Å². The molecule has 0 amide bonds. The van der Waals surface area contributed by atoms with Crippen LogP contribution in [-0.4, -0.2) is 21.0 Å². The maximum absolute atomic E-state index is 11.0. The largest absolute Gasteiger partial charge is 0.478 e. The van der Waals surface area contributed by atoms with E-state index in [1.54, 1.807) is 0 Å². The highest BCUT2D eigenvalue weighted by Crippen LogP contribution is 2.26. The fourth-order valence-electron chi connectivity index (χ4n) is 1.32. The van der Waals surface area contributed by atoms with Crippen molar-refractivity contribution in [1.82, 2.24) is 9.97 Å². The molecule has 5 nitrogen and oxygen atoms in total. The van der Waals surface area contributed by atoms with Gasteiger partial charge in [0.05, 0.1) is 0 Å². The summed E-state index contributed by atoms with van der Waals surface area (Å²) in [7, 11) is 0. The highest BCUT2D eigenvalue weighted by molar-refractivity contribution is 5.98. The van der Waals surface area contributed by atoms with Gasteiger partial charge in [-0.15, -0.1) is 0 Å². The van der Waals surface area contributed by atoms with Crippen molar-refractivity contribution in [2.75, 3.05) is 0 Å². The Morgan fingerprint density at radius 1 is 1.44 bits per heavy atom. The van der Waals surface area contributed by atoms with Crippen molar-refractivity contribution in [2.24, 2.45) is 0 Å². The molecule has 0 aliphatic rings. The molecule has 2 rings (SSSR count). The van der Waals surface area contributed by atoms with E-state index >= 15 is 0 Å². The molecule has 0 spiro atoms. The molecule has 16 heavy (non-hydrogen) atoms. The number of hydrogen-bond acceptors (Lipinski definition) is 4. The second kappa shape index (κ2) is 3.30. The number of oxazole rings is 1. The Kier molecular flexibility index (Phi) is 2.18. The molecule has 0 aromatic carbocycles. The predicted molar refractivity (Wildman–Crippen MR) is 57.5 cm³/mol. The molecular formula is C11H12N2O3. The lowest BCUT2D eigenvalue weighted by molar-refractivity contribution is 0.0697. The topological polar surface area (TPSA) is 76.2 Å². The Labute approximate surface area is 92.1 Å². The predicted octanol–water partition coefficient (Wildman–Crippen LogP) is 2.22. The van der Waals surface area contributed by atoms with E-state index in [0.717, 1.165) is 0 Å². The number of hydrogen-bond donors (Lipinski definition) is 1. The molecular weight excluding hydrogens is 208 g/mol. The molecule has 0 saturated heterocycles. The summed E-state index contributed by atoms with van der Waals surface area (Å²) >= 11 is 0. The summed E-state index contributed by atoms with van der Waals surface area (Å²) in [6, 6.07) is 1.41. The number of pyridine rings is 1. The molecule has 2 aromatic rings. The van der Waals surface area contributed by atoms with Gasteiger partial charge in [0, 0.05) is 11.6 Å². The summed E-state index contributed by atoms with van der Waals surface area (Å²) in [4.78, 5) is 19.1. The third kappa shape index (κ3) is 1.64. The fraction of sp³-hybridized carbons (Fsp3) is 0.364. The van der Waals surface area contributed by atoms with Crippen molar-refractivity contribution in [3.63, 3.8) is 0 Å². The summed E-state index contributed by atoms with van der Waals surface area (Å²) in [6.45, 7) is 5.83. The molecule has 0 bridgehead atoms. The minimum absolute atomic E-state index is 0.0907. The van der Waals surface area contributed by atoms with Crippen LogP contribution in [0.3, 0.4) is 0 Å². The smallest absolute Gasteiger partial charge is 0.339 e. The van der Waals surface area contributed by atoms with Crippen LogP contribution in [0.1, 0.15) is 37.0 Å². The summed E-state index contributed by atoms with van der Waals surface area (Å²) in [5.41, 5.74) is 0.397. The van der Waals surface area contributed by atoms with Crippen molar-refractivity contribution >= 4 is 17.2 Å². The minimum atomic E-state index is -1.04. The minimum Gasteiger partial charge on any atom is -0.478 e. The molecule has 0 aliphatic carbocycles. The highest BCUT2D eigenvalue weighted by atomic mass is 16.4. The quantitative estimate of drug-likeness (QED) is 0.797. The third-order valence-electron chi connectivity index (χ3n) is 2.16. The molecule has 0 fully saturated rings. The van der Waals surface area contributed by atoms with Crippen LogP contribution in [0.15, 0.2) is 16.7 Å². The number of fused-ring (bicyclic) bond motifs is 1. The summed E-state index contributed by atoms with van der Waals surface area (Å²) in [5, 5.41) is 8.98. The normalized spacial score (nSPS) is 11.9. The van der Waals surface area contributed by atoms with Gasteiger partial charge in [0.15, 0.2) is 11.2 Å². The molecule has 1 N–H and O–H groups in total. The lowest BCUT2D eigenvalue weighted by Crippen LogP contribution is -2.11. The number of rotatable bonds is 1. The van der Waals surface area contributed by atoms with Crippen LogP contribution < -0.4 is 0 Å². The highest BCUT2D eigenvalue weighted by Gasteiger charge is 2.23. The molecule has 0 radical (unpaired) electrons. The lowest BCUT2D eigenvalue weighted by atomic mass is 9.97. The first-order chi connectivity index (χ1) is 7.39.